The first-order valence-corrected chi connectivity index (χ1v) is 12.8. The van der Waals surface area contributed by atoms with Crippen LogP contribution in [0.25, 0.3) is 11.0 Å². The van der Waals surface area contributed by atoms with Gasteiger partial charge < -0.3 is 24.2 Å². The van der Waals surface area contributed by atoms with Crippen LogP contribution in [0.4, 0.5) is 5.82 Å². The van der Waals surface area contributed by atoms with E-state index >= 15 is 0 Å². The monoisotopic (exact) mass is 456 g/mol. The third-order valence-corrected chi connectivity index (χ3v) is 10.7. The summed E-state index contributed by atoms with van der Waals surface area (Å²) in [6, 6.07) is 0. The minimum Gasteiger partial charge on any atom is -0.409 e. The number of nitrogen functional groups attached to an aromatic ring is 1. The quantitative estimate of drug-likeness (QED) is 0.681. The molecule has 0 radical (unpaired) electrons. The Bertz CT molecular complexity index is 821. The van der Waals surface area contributed by atoms with Crippen LogP contribution in [0.1, 0.15) is 33.4 Å². The fourth-order valence-corrected chi connectivity index (χ4v) is 5.10. The van der Waals surface area contributed by atoms with E-state index < -0.39 is 8.32 Å². The van der Waals surface area contributed by atoms with Gasteiger partial charge in [0, 0.05) is 24.2 Å². The van der Waals surface area contributed by atoms with Crippen molar-refractivity contribution in [1.82, 2.24) is 14.5 Å². The Morgan fingerprint density at radius 2 is 2.07 bits per heavy atom. The molecule has 0 unspecified atom stereocenters. The summed E-state index contributed by atoms with van der Waals surface area (Å²) in [5.41, 5.74) is 6.80. The topological polar surface area (TPSA) is 84.4 Å². The van der Waals surface area contributed by atoms with E-state index in [9.17, 15) is 0 Å². The fourth-order valence-electron chi connectivity index (χ4n) is 3.17. The average molecular weight is 457 g/mol. The van der Waals surface area contributed by atoms with Crippen molar-refractivity contribution in [2.75, 3.05) is 19.5 Å². The zero-order valence-electron chi connectivity index (χ0n) is 16.8. The molecular formula is C18H29BrN4O3Si. The lowest BCUT2D eigenvalue weighted by Crippen LogP contribution is -2.45. The van der Waals surface area contributed by atoms with Crippen LogP contribution in [0.5, 0.6) is 0 Å². The van der Waals surface area contributed by atoms with E-state index in [1.54, 1.807) is 7.11 Å². The molecule has 1 aliphatic heterocycles. The molecule has 3 heterocycles. The van der Waals surface area contributed by atoms with Crippen molar-refractivity contribution in [3.05, 3.63) is 17.0 Å². The van der Waals surface area contributed by atoms with Crippen LogP contribution in [0, 0.1) is 0 Å². The number of halogens is 1. The number of hydrogen-bond donors (Lipinski definition) is 1. The summed E-state index contributed by atoms with van der Waals surface area (Å²) in [7, 11) is -0.282. The van der Waals surface area contributed by atoms with E-state index in [0.29, 0.717) is 12.4 Å². The normalized spacial score (nSPS) is 24.0. The summed E-state index contributed by atoms with van der Waals surface area (Å²) >= 11 is 3.58. The predicted octanol–water partition coefficient (Wildman–Crippen LogP) is 4.10. The van der Waals surface area contributed by atoms with Gasteiger partial charge in [-0.2, -0.15) is 0 Å². The van der Waals surface area contributed by atoms with Gasteiger partial charge in [-0.15, -0.1) is 0 Å². The molecular weight excluding hydrogens is 428 g/mol. The first kappa shape index (κ1) is 20.7. The molecule has 1 aliphatic rings. The van der Waals surface area contributed by atoms with E-state index in [2.05, 4.69) is 59.8 Å². The average Bonchev–Trinajstić information content (AvgIpc) is 3.08. The van der Waals surface area contributed by atoms with Crippen LogP contribution in [-0.4, -0.2) is 48.8 Å². The maximum absolute atomic E-state index is 6.74. The number of nitrogens with two attached hydrogens (primary N) is 1. The lowest BCUT2D eigenvalue weighted by molar-refractivity contribution is -0.0515. The van der Waals surface area contributed by atoms with Gasteiger partial charge in [-0.25, -0.2) is 9.97 Å². The van der Waals surface area contributed by atoms with Crippen molar-refractivity contribution in [2.45, 2.75) is 63.8 Å². The van der Waals surface area contributed by atoms with E-state index in [1.807, 2.05) is 10.8 Å². The van der Waals surface area contributed by atoms with Crippen LogP contribution in [-0.2, 0) is 13.9 Å². The maximum Gasteiger partial charge on any atom is 0.192 e. The molecule has 3 rings (SSSR count). The summed E-state index contributed by atoms with van der Waals surface area (Å²) in [4.78, 5) is 8.55. The second-order valence-electron chi connectivity index (χ2n) is 8.60. The van der Waals surface area contributed by atoms with Crippen molar-refractivity contribution in [3.8, 4) is 0 Å². The van der Waals surface area contributed by atoms with Crippen LogP contribution < -0.4 is 5.73 Å². The molecule has 0 aliphatic carbocycles. The number of fused-ring (bicyclic) bond motifs is 1. The first-order chi connectivity index (χ1) is 12.5. The van der Waals surface area contributed by atoms with Crippen LogP contribution in [0.3, 0.4) is 0 Å². The largest absolute Gasteiger partial charge is 0.409 e. The smallest absolute Gasteiger partial charge is 0.192 e. The molecule has 2 aromatic rings. The molecule has 2 N–H and O–H groups in total. The second-order valence-corrected chi connectivity index (χ2v) is 14.2. The van der Waals surface area contributed by atoms with Gasteiger partial charge >= 0.3 is 0 Å². The fraction of sp³-hybridized carbons (Fsp3) is 0.667. The van der Waals surface area contributed by atoms with Gasteiger partial charge in [0.1, 0.15) is 17.8 Å². The Kier molecular flexibility index (Phi) is 5.71. The number of ether oxygens (including phenoxy) is 2. The SMILES string of the molecule is COC[C@@H]1C[C@@H](O[Si](C)(C)C(C)(C)C)[C@H](n2cc(Br)c3c(N)ncnc32)O1. The van der Waals surface area contributed by atoms with Crippen molar-refractivity contribution in [1.29, 1.82) is 0 Å². The minimum absolute atomic E-state index is 0.0230. The van der Waals surface area contributed by atoms with E-state index in [0.717, 1.165) is 21.9 Å². The standard InChI is InChI=1S/C18H29BrN4O3Si/c1-18(2,3)27(5,6)26-13-7-11(9-24-4)25-17(13)23-8-12(19)14-15(20)21-10-22-16(14)23/h8,10-11,13,17H,7,9H2,1-6H3,(H2,20,21,22)/t11-,13+,17+/m0/s1. The highest BCUT2D eigenvalue weighted by atomic mass is 79.9. The van der Waals surface area contributed by atoms with E-state index in [1.165, 1.54) is 6.33 Å². The predicted molar refractivity (Wildman–Crippen MR) is 112 cm³/mol. The Labute approximate surface area is 169 Å². The highest BCUT2D eigenvalue weighted by Crippen LogP contribution is 2.43. The molecule has 150 valence electrons. The lowest BCUT2D eigenvalue weighted by Gasteiger charge is -2.39. The van der Waals surface area contributed by atoms with Crippen molar-refractivity contribution < 1.29 is 13.9 Å². The number of hydrogen-bond acceptors (Lipinski definition) is 6. The molecule has 0 amide bonds. The molecule has 1 saturated heterocycles. The molecule has 0 spiro atoms. The summed E-state index contributed by atoms with van der Waals surface area (Å²) in [6.45, 7) is 11.8. The van der Waals surface area contributed by atoms with Gasteiger partial charge in [-0.05, 0) is 34.1 Å². The molecule has 1 fully saturated rings. The minimum atomic E-state index is -1.97. The lowest BCUT2D eigenvalue weighted by atomic mass is 10.2. The molecule has 27 heavy (non-hydrogen) atoms. The molecule has 3 atom stereocenters. The van der Waals surface area contributed by atoms with Crippen molar-refractivity contribution in [2.24, 2.45) is 0 Å². The third kappa shape index (κ3) is 3.93. The Morgan fingerprint density at radius 1 is 1.37 bits per heavy atom. The molecule has 0 bridgehead atoms. The van der Waals surface area contributed by atoms with Gasteiger partial charge in [0.25, 0.3) is 0 Å². The number of rotatable bonds is 5. The van der Waals surface area contributed by atoms with E-state index in [-0.39, 0.29) is 23.5 Å². The number of nitrogens with zero attached hydrogens (tertiary/aromatic N) is 3. The van der Waals surface area contributed by atoms with Crippen LogP contribution >= 0.6 is 15.9 Å². The Balaban J connectivity index is 2.00. The van der Waals surface area contributed by atoms with Gasteiger partial charge in [0.05, 0.1) is 24.2 Å². The van der Waals surface area contributed by atoms with Gasteiger partial charge in [-0.1, -0.05) is 20.8 Å². The highest BCUT2D eigenvalue weighted by molar-refractivity contribution is 9.10. The van der Waals surface area contributed by atoms with Crippen LogP contribution in [0.2, 0.25) is 18.1 Å². The summed E-state index contributed by atoms with van der Waals surface area (Å²) < 4.78 is 21.3. The Morgan fingerprint density at radius 3 is 2.70 bits per heavy atom. The van der Waals surface area contributed by atoms with Crippen molar-refractivity contribution in [3.63, 3.8) is 0 Å². The van der Waals surface area contributed by atoms with Crippen LogP contribution in [0.15, 0.2) is 17.0 Å². The number of methoxy groups -OCH3 is 1. The van der Waals surface area contributed by atoms with Gasteiger partial charge in [-0.3, -0.25) is 0 Å². The van der Waals surface area contributed by atoms with E-state index in [4.69, 9.17) is 19.6 Å². The highest BCUT2D eigenvalue weighted by Gasteiger charge is 2.45. The zero-order valence-corrected chi connectivity index (χ0v) is 19.4. The Hall–Kier alpha value is -1.00. The number of aromatic nitrogens is 3. The molecule has 0 saturated carbocycles. The molecule has 7 nitrogen and oxygen atoms in total. The zero-order chi connectivity index (χ0) is 20.0. The first-order valence-electron chi connectivity index (χ1n) is 9.14. The summed E-state index contributed by atoms with van der Waals surface area (Å²) in [5, 5.41) is 0.908. The second kappa shape index (κ2) is 7.44. The summed E-state index contributed by atoms with van der Waals surface area (Å²) in [5.74, 6) is 0.443. The third-order valence-electron chi connectivity index (χ3n) is 5.62. The summed E-state index contributed by atoms with van der Waals surface area (Å²) in [6.07, 6.45) is 3.82. The maximum atomic E-state index is 6.74. The van der Waals surface area contributed by atoms with Gasteiger partial charge in [0.15, 0.2) is 14.5 Å². The molecule has 9 heteroatoms. The molecule has 0 aromatic carbocycles. The molecule has 2 aromatic heterocycles. The van der Waals surface area contributed by atoms with Crippen molar-refractivity contribution >= 4 is 41.1 Å². The van der Waals surface area contributed by atoms with Gasteiger partial charge in [0.2, 0.25) is 0 Å². The number of anilines is 1.